The summed E-state index contributed by atoms with van der Waals surface area (Å²) < 4.78 is 13.4. The van der Waals surface area contributed by atoms with Crippen molar-refractivity contribution in [3.05, 3.63) is 66.2 Å². The number of rotatable bonds is 14. The van der Waals surface area contributed by atoms with Crippen LogP contribution in [0, 0.1) is 0 Å². The van der Waals surface area contributed by atoms with E-state index in [0.717, 1.165) is 51.1 Å². The molecule has 0 saturated heterocycles. The zero-order valence-electron chi connectivity index (χ0n) is 22.4. The molecule has 0 aliphatic carbocycles. The molecule has 35 heavy (non-hydrogen) atoms. The van der Waals surface area contributed by atoms with Crippen LogP contribution in [0.3, 0.4) is 0 Å². The maximum absolute atomic E-state index is 6.06. The van der Waals surface area contributed by atoms with E-state index in [0.29, 0.717) is 5.04 Å². The third-order valence-electron chi connectivity index (χ3n) is 6.69. The summed E-state index contributed by atoms with van der Waals surface area (Å²) in [4.78, 5) is 1.32. The van der Waals surface area contributed by atoms with Gasteiger partial charge in [-0.05, 0) is 97.3 Å². The Morgan fingerprint density at radius 1 is 0.857 bits per heavy atom. The normalized spacial score (nSPS) is 13.1. The van der Waals surface area contributed by atoms with Gasteiger partial charge in [-0.3, -0.25) is 0 Å². The van der Waals surface area contributed by atoms with Crippen molar-refractivity contribution in [1.82, 2.24) is 0 Å². The van der Waals surface area contributed by atoms with Crippen molar-refractivity contribution in [3.63, 3.8) is 0 Å². The van der Waals surface area contributed by atoms with E-state index in [4.69, 9.17) is 9.16 Å². The molecule has 1 heterocycles. The Labute approximate surface area is 219 Å². The van der Waals surface area contributed by atoms with Crippen LogP contribution in [0.5, 0.6) is 5.75 Å². The van der Waals surface area contributed by atoms with Crippen LogP contribution in [0.25, 0.3) is 20.5 Å². The SMILES string of the molecule is CCc1ccc(-c2cc3ccc(OCCCCC/C=C/CCCO[SiH](C)C(C)(C)C)cc3s2)cc1. The lowest BCUT2D eigenvalue weighted by molar-refractivity contribution is 0.300. The van der Waals surface area contributed by atoms with Crippen LogP contribution in [-0.2, 0) is 10.8 Å². The molecule has 2 aromatic carbocycles. The van der Waals surface area contributed by atoms with E-state index in [2.05, 4.69) is 94.9 Å². The second kappa shape index (κ2) is 14.0. The fourth-order valence-electron chi connectivity index (χ4n) is 3.83. The minimum absolute atomic E-state index is 0.362. The van der Waals surface area contributed by atoms with Gasteiger partial charge in [0.1, 0.15) is 5.75 Å². The number of benzene rings is 2. The topological polar surface area (TPSA) is 18.5 Å². The van der Waals surface area contributed by atoms with E-state index in [1.54, 1.807) is 0 Å². The van der Waals surface area contributed by atoms with Gasteiger partial charge in [-0.1, -0.05) is 64.1 Å². The summed E-state index contributed by atoms with van der Waals surface area (Å²) in [5, 5.41) is 1.65. The second-order valence-corrected chi connectivity index (χ2v) is 15.0. The lowest BCUT2D eigenvalue weighted by Gasteiger charge is -2.25. The molecule has 1 unspecified atom stereocenters. The lowest BCUT2D eigenvalue weighted by Crippen LogP contribution is -2.26. The minimum Gasteiger partial charge on any atom is -0.494 e. The number of ether oxygens (including phenoxy) is 1. The Hall–Kier alpha value is -1.88. The van der Waals surface area contributed by atoms with E-state index in [-0.39, 0.29) is 0 Å². The number of allylic oxidation sites excluding steroid dienone is 2. The predicted octanol–water partition coefficient (Wildman–Crippen LogP) is 9.58. The largest absolute Gasteiger partial charge is 0.494 e. The smallest absolute Gasteiger partial charge is 0.179 e. The summed E-state index contributed by atoms with van der Waals surface area (Å²) in [6.07, 6.45) is 12.7. The first-order chi connectivity index (χ1) is 16.9. The van der Waals surface area contributed by atoms with Crippen molar-refractivity contribution in [2.24, 2.45) is 0 Å². The summed E-state index contributed by atoms with van der Waals surface area (Å²) in [7, 11) is -1.06. The maximum atomic E-state index is 6.06. The van der Waals surface area contributed by atoms with Crippen molar-refractivity contribution >= 4 is 30.5 Å². The van der Waals surface area contributed by atoms with Gasteiger partial charge >= 0.3 is 0 Å². The van der Waals surface area contributed by atoms with Gasteiger partial charge in [0.25, 0.3) is 0 Å². The molecule has 0 bridgehead atoms. The molecule has 0 amide bonds. The van der Waals surface area contributed by atoms with Gasteiger partial charge in [0.2, 0.25) is 0 Å². The van der Waals surface area contributed by atoms with Gasteiger partial charge in [-0.25, -0.2) is 0 Å². The second-order valence-electron chi connectivity index (χ2n) is 10.6. The highest BCUT2D eigenvalue weighted by molar-refractivity contribution is 7.22. The van der Waals surface area contributed by atoms with Crippen molar-refractivity contribution < 1.29 is 9.16 Å². The zero-order chi connectivity index (χ0) is 25.1. The van der Waals surface area contributed by atoms with Gasteiger partial charge < -0.3 is 9.16 Å². The molecule has 0 radical (unpaired) electrons. The van der Waals surface area contributed by atoms with Crippen molar-refractivity contribution in [1.29, 1.82) is 0 Å². The van der Waals surface area contributed by atoms with E-state index in [1.165, 1.54) is 38.9 Å². The molecule has 0 spiro atoms. The number of hydrogen-bond acceptors (Lipinski definition) is 3. The molecule has 0 aliphatic heterocycles. The van der Waals surface area contributed by atoms with Crippen LogP contribution in [-0.4, -0.2) is 22.3 Å². The molecular formula is C31H44O2SSi. The number of thiophene rings is 1. The van der Waals surface area contributed by atoms with E-state index in [1.807, 2.05) is 11.3 Å². The van der Waals surface area contributed by atoms with Gasteiger partial charge in [-0.2, -0.15) is 0 Å². The van der Waals surface area contributed by atoms with Crippen LogP contribution >= 0.6 is 11.3 Å². The van der Waals surface area contributed by atoms with Crippen LogP contribution in [0.2, 0.25) is 11.6 Å². The number of hydrogen-bond donors (Lipinski definition) is 0. The highest BCUT2D eigenvalue weighted by Gasteiger charge is 2.22. The van der Waals surface area contributed by atoms with Gasteiger partial charge in [-0.15, -0.1) is 11.3 Å². The van der Waals surface area contributed by atoms with Gasteiger partial charge in [0, 0.05) is 16.2 Å². The van der Waals surface area contributed by atoms with Crippen LogP contribution in [0.4, 0.5) is 0 Å². The fourth-order valence-corrected chi connectivity index (χ4v) is 5.94. The fraction of sp³-hybridized carbons (Fsp3) is 0.484. The summed E-state index contributed by atoms with van der Waals surface area (Å²) in [5.41, 5.74) is 2.68. The highest BCUT2D eigenvalue weighted by atomic mass is 32.1. The van der Waals surface area contributed by atoms with E-state index >= 15 is 0 Å². The minimum atomic E-state index is -1.06. The molecule has 190 valence electrons. The number of fused-ring (bicyclic) bond motifs is 1. The predicted molar refractivity (Wildman–Crippen MR) is 158 cm³/mol. The summed E-state index contributed by atoms with van der Waals surface area (Å²) in [6, 6.07) is 17.7. The quantitative estimate of drug-likeness (QED) is 0.123. The highest BCUT2D eigenvalue weighted by Crippen LogP contribution is 2.35. The molecule has 3 rings (SSSR count). The molecule has 0 N–H and O–H groups in total. The molecule has 0 fully saturated rings. The third kappa shape index (κ3) is 9.25. The van der Waals surface area contributed by atoms with Gasteiger partial charge in [0.15, 0.2) is 9.04 Å². The average molecular weight is 509 g/mol. The summed E-state index contributed by atoms with van der Waals surface area (Å²) in [6.45, 7) is 13.1. The molecule has 0 saturated carbocycles. The number of unbranched alkanes of at least 4 members (excludes halogenated alkanes) is 4. The Morgan fingerprint density at radius 2 is 1.60 bits per heavy atom. The number of aryl methyl sites for hydroxylation is 1. The zero-order valence-corrected chi connectivity index (χ0v) is 24.4. The Morgan fingerprint density at radius 3 is 2.31 bits per heavy atom. The first-order valence-electron chi connectivity index (χ1n) is 13.4. The molecule has 4 heteroatoms. The molecule has 1 aromatic heterocycles. The summed E-state index contributed by atoms with van der Waals surface area (Å²) in [5.74, 6) is 0.984. The lowest BCUT2D eigenvalue weighted by atomic mass is 10.1. The van der Waals surface area contributed by atoms with E-state index < -0.39 is 9.04 Å². The van der Waals surface area contributed by atoms with Crippen molar-refractivity contribution in [3.8, 4) is 16.2 Å². The Bertz CT molecular complexity index is 1050. The standard InChI is InChI=1S/C31H44O2SSi/c1-6-25-15-17-26(18-16-25)29-23-27-19-20-28(24-30(27)34-29)32-21-13-11-9-7-8-10-12-14-22-33-35(5)31(2,3)4/h8,10,15-20,23-24,35H,6-7,9,11-14,21-22H2,1-5H3/b10-8+. The Balaban J connectivity index is 1.29. The first kappa shape index (κ1) is 27.7. The van der Waals surface area contributed by atoms with Crippen molar-refractivity contribution in [2.75, 3.05) is 13.2 Å². The monoisotopic (exact) mass is 508 g/mol. The molecule has 3 aromatic rings. The molecular weight excluding hydrogens is 464 g/mol. The van der Waals surface area contributed by atoms with Crippen LogP contribution in [0.1, 0.15) is 71.8 Å². The van der Waals surface area contributed by atoms with Crippen molar-refractivity contribution in [2.45, 2.75) is 84.2 Å². The van der Waals surface area contributed by atoms with Crippen LogP contribution in [0.15, 0.2) is 60.7 Å². The average Bonchev–Trinajstić information content (AvgIpc) is 3.27. The summed E-state index contributed by atoms with van der Waals surface area (Å²) >= 11 is 1.85. The Kier molecular flexibility index (Phi) is 11.1. The first-order valence-corrected chi connectivity index (χ1v) is 16.4. The molecule has 2 nitrogen and oxygen atoms in total. The third-order valence-corrected chi connectivity index (χ3v) is 11.0. The molecule has 0 aliphatic rings. The van der Waals surface area contributed by atoms with Crippen LogP contribution < -0.4 is 4.74 Å². The van der Waals surface area contributed by atoms with Gasteiger partial charge in [0.05, 0.1) is 6.61 Å². The maximum Gasteiger partial charge on any atom is 0.179 e. The van der Waals surface area contributed by atoms with E-state index in [9.17, 15) is 0 Å². The molecule has 1 atom stereocenters.